The van der Waals surface area contributed by atoms with Crippen molar-refractivity contribution in [3.63, 3.8) is 0 Å². The maximum atomic E-state index is 14.7. The van der Waals surface area contributed by atoms with Crippen molar-refractivity contribution >= 4 is 41.4 Å². The first kappa shape index (κ1) is 50.5. The quantitative estimate of drug-likeness (QED) is 0.0440. The number of ether oxygens (including phenoxy) is 3. The molecule has 0 aromatic heterocycles. The van der Waals surface area contributed by atoms with E-state index in [1.54, 1.807) is 6.92 Å². The van der Waals surface area contributed by atoms with Gasteiger partial charge in [-0.2, -0.15) is 0 Å². The van der Waals surface area contributed by atoms with E-state index in [0.717, 1.165) is 11.1 Å². The number of benzene rings is 2. The lowest BCUT2D eigenvalue weighted by molar-refractivity contribution is -0.159. The Morgan fingerprint density at radius 2 is 1.30 bits per heavy atom. The Hall–Kier alpha value is -5.19. The zero-order valence-electron chi connectivity index (χ0n) is 37.5. The van der Waals surface area contributed by atoms with Crippen LogP contribution in [0.25, 0.3) is 0 Å². The van der Waals surface area contributed by atoms with Gasteiger partial charge >= 0.3 is 11.9 Å². The monoisotopic (exact) mass is 877 g/mol. The van der Waals surface area contributed by atoms with E-state index in [-0.39, 0.29) is 75.7 Å². The number of aliphatic carboxylic acids is 1. The van der Waals surface area contributed by atoms with Gasteiger partial charge in [-0.3, -0.25) is 43.4 Å². The number of nitrogens with one attached hydrogen (secondary N) is 3. The molecule has 4 amide bonds. The van der Waals surface area contributed by atoms with Crippen molar-refractivity contribution in [1.29, 1.82) is 0 Å². The molecule has 2 saturated heterocycles. The first-order valence-electron chi connectivity index (χ1n) is 22.2. The summed E-state index contributed by atoms with van der Waals surface area (Å²) in [6, 6.07) is 14.2. The van der Waals surface area contributed by atoms with Crippen LogP contribution >= 0.6 is 0 Å². The minimum Gasteiger partial charge on any atom is -0.481 e. The van der Waals surface area contributed by atoms with Gasteiger partial charge in [0.1, 0.15) is 23.7 Å². The zero-order chi connectivity index (χ0) is 45.9. The third-order valence-corrected chi connectivity index (χ3v) is 11.1. The summed E-state index contributed by atoms with van der Waals surface area (Å²) in [4.78, 5) is 98.0. The summed E-state index contributed by atoms with van der Waals surface area (Å²) < 4.78 is 16.5. The maximum Gasteiger partial charge on any atom is 0.307 e. The van der Waals surface area contributed by atoms with Crippen LogP contribution in [0.1, 0.15) is 90.7 Å². The van der Waals surface area contributed by atoms with Crippen LogP contribution < -0.4 is 16.0 Å². The van der Waals surface area contributed by atoms with Gasteiger partial charge in [-0.05, 0) is 68.4 Å². The largest absolute Gasteiger partial charge is 0.481 e. The molecule has 0 saturated carbocycles. The number of esters is 1. The van der Waals surface area contributed by atoms with Crippen molar-refractivity contribution in [2.45, 2.75) is 122 Å². The summed E-state index contributed by atoms with van der Waals surface area (Å²) >= 11 is 0. The molecule has 2 fully saturated rings. The maximum absolute atomic E-state index is 14.7. The van der Waals surface area contributed by atoms with E-state index >= 15 is 0 Å². The van der Waals surface area contributed by atoms with Gasteiger partial charge in [-0.25, -0.2) is 0 Å². The molecule has 2 aliphatic rings. The van der Waals surface area contributed by atoms with Gasteiger partial charge in [-0.1, -0.05) is 88.4 Å². The van der Waals surface area contributed by atoms with Crippen LogP contribution in [-0.2, 0) is 60.6 Å². The summed E-state index contributed by atoms with van der Waals surface area (Å²) in [5.74, 6) is -4.20. The molecule has 4 N–H and O–H groups in total. The summed E-state index contributed by atoms with van der Waals surface area (Å²) in [5, 5.41) is 17.7. The number of unbranched alkanes of at least 4 members (excludes halogenated alkanes) is 1. The van der Waals surface area contributed by atoms with E-state index < -0.39 is 72.1 Å². The molecule has 4 rings (SSSR count). The van der Waals surface area contributed by atoms with Crippen LogP contribution in [0, 0.1) is 11.8 Å². The first-order chi connectivity index (χ1) is 30.0. The number of carbonyl (C=O) groups is 7. The van der Waals surface area contributed by atoms with Crippen molar-refractivity contribution in [1.82, 2.24) is 25.8 Å². The highest BCUT2D eigenvalue weighted by Crippen LogP contribution is 2.30. The summed E-state index contributed by atoms with van der Waals surface area (Å²) in [6.07, 6.45) is 1.48. The zero-order valence-corrected chi connectivity index (χ0v) is 37.5. The average molecular weight is 878 g/mol. The van der Waals surface area contributed by atoms with Crippen molar-refractivity contribution in [3.8, 4) is 0 Å². The predicted molar refractivity (Wildman–Crippen MR) is 234 cm³/mol. The number of carboxylic acids is 1. The molecule has 16 heteroatoms. The van der Waals surface area contributed by atoms with Crippen LogP contribution in [0.4, 0.5) is 0 Å². The van der Waals surface area contributed by atoms with Gasteiger partial charge in [-0.15, -0.1) is 0 Å². The Morgan fingerprint density at radius 1 is 0.762 bits per heavy atom. The normalized spacial score (nSPS) is 18.1. The number of morpholine rings is 1. The lowest BCUT2D eigenvalue weighted by atomic mass is 9.93. The molecular formula is C47H67N5O11. The fourth-order valence-corrected chi connectivity index (χ4v) is 7.41. The Labute approximate surface area is 371 Å². The number of carbonyl (C=O) groups excluding carboxylic acids is 6. The third-order valence-electron chi connectivity index (χ3n) is 11.1. The Balaban J connectivity index is 1.62. The molecule has 2 heterocycles. The number of hydrogen-bond donors (Lipinski definition) is 4. The number of ketones is 1. The molecular weight excluding hydrogens is 811 g/mol. The molecule has 5 atom stereocenters. The molecule has 0 aliphatic carbocycles. The SMILES string of the molecule is CC(C)CC(NC(=O)[C@H](Cc1ccccc1)NC(=O)[C@H](CC(C)C)NC(=O)[C@H](CCc1ccccc1)N(COC(=O)CCCCC(=O)O)C(=O)CN1CCOCC1)C(=O)[C@@]1(C)CO1. The summed E-state index contributed by atoms with van der Waals surface area (Å²) in [7, 11) is 0. The fraction of sp³-hybridized carbons (Fsp3) is 0.596. The van der Waals surface area contributed by atoms with E-state index in [4.69, 9.17) is 19.3 Å². The predicted octanol–water partition coefficient (Wildman–Crippen LogP) is 3.44. The van der Waals surface area contributed by atoms with E-state index in [2.05, 4.69) is 16.0 Å². The molecule has 346 valence electrons. The first-order valence-corrected chi connectivity index (χ1v) is 22.2. The third kappa shape index (κ3) is 17.5. The second kappa shape index (κ2) is 25.2. The average Bonchev–Trinajstić information content (AvgIpc) is 4.01. The number of nitrogens with zero attached hydrogens (tertiary/aromatic N) is 2. The van der Waals surface area contributed by atoms with Crippen molar-refractivity contribution in [2.24, 2.45) is 11.8 Å². The van der Waals surface area contributed by atoms with Gasteiger partial charge < -0.3 is 35.3 Å². The van der Waals surface area contributed by atoms with Gasteiger partial charge in [0, 0.05) is 32.4 Å². The molecule has 16 nitrogen and oxygen atoms in total. The van der Waals surface area contributed by atoms with E-state index in [1.165, 1.54) is 4.90 Å². The van der Waals surface area contributed by atoms with Crippen LogP contribution in [0.2, 0.25) is 0 Å². The molecule has 63 heavy (non-hydrogen) atoms. The summed E-state index contributed by atoms with van der Waals surface area (Å²) in [6.45, 7) is 10.8. The number of amides is 4. The molecule has 0 bridgehead atoms. The fourth-order valence-electron chi connectivity index (χ4n) is 7.41. The van der Waals surface area contributed by atoms with Crippen LogP contribution in [0.3, 0.4) is 0 Å². The second-order valence-electron chi connectivity index (χ2n) is 17.6. The molecule has 2 aromatic carbocycles. The van der Waals surface area contributed by atoms with Crippen molar-refractivity contribution in [2.75, 3.05) is 46.2 Å². The van der Waals surface area contributed by atoms with E-state index in [1.807, 2.05) is 93.3 Å². The minimum absolute atomic E-state index is 0.0666. The molecule has 1 unspecified atom stereocenters. The standard InChI is InChI=1S/C47H67N5O11/c1-32(2)26-36(43(57)47(5)30-63-47)48-45(59)38(28-35-16-10-7-11-17-35)49-44(58)37(27-33(3)4)50-46(60)39(21-20-34-14-8-6-9-15-34)52(40(53)29-51-22-24-61-25-23-51)31-62-42(56)19-13-12-18-41(54)55/h6-11,14-17,32-33,36-39H,12-13,18-31H2,1-5H3,(H,48,59)(H,49,58)(H,50,60)(H,54,55)/t36?,37-,38-,39-,47+/m0/s1. The van der Waals surface area contributed by atoms with Gasteiger partial charge in [0.05, 0.1) is 32.4 Å². The molecule has 2 aliphatic heterocycles. The van der Waals surface area contributed by atoms with Crippen LogP contribution in [0.5, 0.6) is 0 Å². The number of rotatable bonds is 27. The van der Waals surface area contributed by atoms with E-state index in [0.29, 0.717) is 39.1 Å². The number of aryl methyl sites for hydroxylation is 1. The van der Waals surface area contributed by atoms with Crippen LogP contribution in [-0.4, -0.2) is 132 Å². The highest BCUT2D eigenvalue weighted by atomic mass is 16.6. The van der Waals surface area contributed by atoms with Gasteiger partial charge in [0.15, 0.2) is 12.5 Å². The molecule has 0 spiro atoms. The van der Waals surface area contributed by atoms with Gasteiger partial charge in [0.25, 0.3) is 0 Å². The lowest BCUT2D eigenvalue weighted by Gasteiger charge is -2.34. The van der Waals surface area contributed by atoms with Crippen molar-refractivity contribution < 1.29 is 52.9 Å². The highest BCUT2D eigenvalue weighted by Gasteiger charge is 2.50. The topological polar surface area (TPSA) is 213 Å². The highest BCUT2D eigenvalue weighted by molar-refractivity contribution is 5.99. The Morgan fingerprint density at radius 3 is 1.89 bits per heavy atom. The number of carboxylic acid groups (broad SMARTS) is 1. The molecule has 2 aromatic rings. The van der Waals surface area contributed by atoms with Crippen molar-refractivity contribution in [3.05, 3.63) is 71.8 Å². The van der Waals surface area contributed by atoms with Crippen LogP contribution in [0.15, 0.2) is 60.7 Å². The Kier molecular flexibility index (Phi) is 20.2. The van der Waals surface area contributed by atoms with Gasteiger partial charge in [0.2, 0.25) is 23.6 Å². The molecule has 0 radical (unpaired) electrons. The summed E-state index contributed by atoms with van der Waals surface area (Å²) in [5.41, 5.74) is 0.680. The number of Topliss-reactive ketones (excluding diaryl/α,β-unsaturated/α-hetero) is 1. The number of hydrogen-bond acceptors (Lipinski definition) is 11. The number of epoxide rings is 1. The van der Waals surface area contributed by atoms with E-state index in [9.17, 15) is 33.6 Å². The minimum atomic E-state index is -1.20. The lowest BCUT2D eigenvalue weighted by Crippen LogP contribution is -2.60. The Bertz CT molecular complexity index is 1820. The second-order valence-corrected chi connectivity index (χ2v) is 17.6. The smallest absolute Gasteiger partial charge is 0.307 e.